The lowest BCUT2D eigenvalue weighted by Crippen LogP contribution is -2.44. The molecule has 122 valence electrons. The van der Waals surface area contributed by atoms with Crippen LogP contribution >= 0.6 is 0 Å². The zero-order valence-electron chi connectivity index (χ0n) is 13.4. The summed E-state index contributed by atoms with van der Waals surface area (Å²) in [6, 6.07) is 13.8. The summed E-state index contributed by atoms with van der Waals surface area (Å²) >= 11 is 0. The van der Waals surface area contributed by atoms with Crippen molar-refractivity contribution >= 4 is 11.8 Å². The molecule has 2 amide bonds. The summed E-state index contributed by atoms with van der Waals surface area (Å²) < 4.78 is 5.27. The monoisotopic (exact) mass is 323 g/mol. The molecule has 0 aliphatic carbocycles. The second-order valence-corrected chi connectivity index (χ2v) is 5.25. The molecule has 0 atom stereocenters. The molecule has 0 radical (unpaired) electrons. The van der Waals surface area contributed by atoms with Gasteiger partial charge < -0.3 is 4.74 Å². The van der Waals surface area contributed by atoms with Crippen molar-refractivity contribution in [3.63, 3.8) is 0 Å². The third-order valence-electron chi connectivity index (χ3n) is 3.30. The summed E-state index contributed by atoms with van der Waals surface area (Å²) in [7, 11) is 0. The highest BCUT2D eigenvalue weighted by Gasteiger charge is 2.10. The van der Waals surface area contributed by atoms with Crippen molar-refractivity contribution in [1.82, 2.24) is 10.9 Å². The van der Waals surface area contributed by atoms with Crippen LogP contribution in [-0.2, 0) is 4.79 Å². The number of aryl methyl sites for hydroxylation is 2. The van der Waals surface area contributed by atoms with E-state index in [-0.39, 0.29) is 12.5 Å². The average Bonchev–Trinajstić information content (AvgIpc) is 2.58. The topological polar surface area (TPSA) is 91.2 Å². The van der Waals surface area contributed by atoms with E-state index in [1.165, 1.54) is 0 Å². The Morgan fingerprint density at radius 3 is 2.42 bits per heavy atom. The predicted octanol–water partition coefficient (Wildman–Crippen LogP) is 2.02. The SMILES string of the molecule is Cc1ccc(C(=O)NNC(=O)COc2ccc(C#N)cc2)c(C)c1. The highest BCUT2D eigenvalue weighted by molar-refractivity contribution is 5.96. The van der Waals surface area contributed by atoms with Crippen LogP contribution in [0.3, 0.4) is 0 Å². The normalized spacial score (nSPS) is 9.71. The van der Waals surface area contributed by atoms with E-state index in [1.54, 1.807) is 30.3 Å². The fourth-order valence-corrected chi connectivity index (χ4v) is 2.07. The van der Waals surface area contributed by atoms with Gasteiger partial charge in [0.25, 0.3) is 11.8 Å². The van der Waals surface area contributed by atoms with Crippen LogP contribution in [0.25, 0.3) is 0 Å². The maximum Gasteiger partial charge on any atom is 0.276 e. The van der Waals surface area contributed by atoms with Gasteiger partial charge in [0.1, 0.15) is 5.75 Å². The van der Waals surface area contributed by atoms with Gasteiger partial charge in [0.15, 0.2) is 6.61 Å². The summed E-state index contributed by atoms with van der Waals surface area (Å²) in [6.07, 6.45) is 0. The molecule has 0 spiro atoms. The molecule has 2 N–H and O–H groups in total. The largest absolute Gasteiger partial charge is 0.484 e. The number of carbonyl (C=O) groups is 2. The van der Waals surface area contributed by atoms with Gasteiger partial charge in [0.2, 0.25) is 0 Å². The Bertz CT molecular complexity index is 792. The zero-order chi connectivity index (χ0) is 17.5. The molecular formula is C18H17N3O3. The molecule has 0 aromatic heterocycles. The molecule has 0 aliphatic heterocycles. The highest BCUT2D eigenvalue weighted by atomic mass is 16.5. The van der Waals surface area contributed by atoms with Crippen molar-refractivity contribution < 1.29 is 14.3 Å². The minimum absolute atomic E-state index is 0.251. The molecule has 0 fully saturated rings. The molecule has 2 aromatic rings. The number of nitriles is 1. The minimum Gasteiger partial charge on any atom is -0.484 e. The Kier molecular flexibility index (Phi) is 5.53. The predicted molar refractivity (Wildman–Crippen MR) is 88.2 cm³/mol. The number of rotatable bonds is 4. The van der Waals surface area contributed by atoms with Crippen molar-refractivity contribution in [2.24, 2.45) is 0 Å². The van der Waals surface area contributed by atoms with E-state index in [1.807, 2.05) is 32.0 Å². The Morgan fingerprint density at radius 2 is 1.79 bits per heavy atom. The molecule has 0 heterocycles. The highest BCUT2D eigenvalue weighted by Crippen LogP contribution is 2.11. The van der Waals surface area contributed by atoms with Crippen LogP contribution in [0.1, 0.15) is 27.0 Å². The standard InChI is InChI=1S/C18H17N3O3/c1-12-3-8-16(13(2)9-12)18(23)21-20-17(22)11-24-15-6-4-14(10-19)5-7-15/h3-9H,11H2,1-2H3,(H,20,22)(H,21,23). The second kappa shape index (κ2) is 7.79. The first-order chi connectivity index (χ1) is 11.5. The number of hydrogen-bond acceptors (Lipinski definition) is 4. The number of nitrogens with one attached hydrogen (secondary N) is 2. The number of benzene rings is 2. The van der Waals surface area contributed by atoms with Crippen molar-refractivity contribution in [1.29, 1.82) is 5.26 Å². The van der Waals surface area contributed by atoms with Crippen molar-refractivity contribution in [3.05, 3.63) is 64.7 Å². The van der Waals surface area contributed by atoms with E-state index in [0.29, 0.717) is 16.9 Å². The number of ether oxygens (including phenoxy) is 1. The van der Waals surface area contributed by atoms with Gasteiger partial charge in [0, 0.05) is 5.56 Å². The Morgan fingerprint density at radius 1 is 1.08 bits per heavy atom. The van der Waals surface area contributed by atoms with E-state index in [0.717, 1.165) is 11.1 Å². The number of hydrogen-bond donors (Lipinski definition) is 2. The van der Waals surface area contributed by atoms with Crippen molar-refractivity contribution in [2.75, 3.05) is 6.61 Å². The van der Waals surface area contributed by atoms with Crippen LogP contribution in [-0.4, -0.2) is 18.4 Å². The molecule has 2 aromatic carbocycles. The first-order valence-corrected chi connectivity index (χ1v) is 7.29. The first-order valence-electron chi connectivity index (χ1n) is 7.29. The molecular weight excluding hydrogens is 306 g/mol. The molecule has 6 nitrogen and oxygen atoms in total. The summed E-state index contributed by atoms with van der Waals surface area (Å²) in [4.78, 5) is 23.7. The number of nitrogens with zero attached hydrogens (tertiary/aromatic N) is 1. The number of carbonyl (C=O) groups excluding carboxylic acids is 2. The fraction of sp³-hybridized carbons (Fsp3) is 0.167. The minimum atomic E-state index is -0.488. The summed E-state index contributed by atoms with van der Waals surface area (Å²) in [5.74, 6) is -0.415. The van der Waals surface area contributed by atoms with E-state index in [2.05, 4.69) is 10.9 Å². The molecule has 24 heavy (non-hydrogen) atoms. The molecule has 0 bridgehead atoms. The van der Waals surface area contributed by atoms with Gasteiger partial charge in [-0.3, -0.25) is 20.4 Å². The van der Waals surface area contributed by atoms with Gasteiger partial charge in [-0.1, -0.05) is 17.7 Å². The lowest BCUT2D eigenvalue weighted by atomic mass is 10.1. The fourth-order valence-electron chi connectivity index (χ4n) is 2.07. The zero-order valence-corrected chi connectivity index (χ0v) is 13.4. The van der Waals surface area contributed by atoms with Crippen LogP contribution in [0, 0.1) is 25.2 Å². The van der Waals surface area contributed by atoms with Gasteiger partial charge in [-0.25, -0.2) is 0 Å². The number of amides is 2. The van der Waals surface area contributed by atoms with Gasteiger partial charge in [0.05, 0.1) is 11.6 Å². The van der Waals surface area contributed by atoms with E-state index in [9.17, 15) is 9.59 Å². The van der Waals surface area contributed by atoms with Gasteiger partial charge in [-0.15, -0.1) is 0 Å². The third kappa shape index (κ3) is 4.58. The molecule has 0 aliphatic rings. The summed E-state index contributed by atoms with van der Waals surface area (Å²) in [6.45, 7) is 3.52. The van der Waals surface area contributed by atoms with E-state index >= 15 is 0 Å². The van der Waals surface area contributed by atoms with Crippen LogP contribution in [0.4, 0.5) is 0 Å². The summed E-state index contributed by atoms with van der Waals surface area (Å²) in [5, 5.41) is 8.70. The smallest absolute Gasteiger partial charge is 0.276 e. The maximum absolute atomic E-state index is 12.0. The molecule has 0 saturated carbocycles. The lowest BCUT2D eigenvalue weighted by molar-refractivity contribution is -0.123. The maximum atomic E-state index is 12.0. The van der Waals surface area contributed by atoms with Gasteiger partial charge in [-0.05, 0) is 49.7 Å². The Labute approximate surface area is 140 Å². The second-order valence-electron chi connectivity index (χ2n) is 5.25. The van der Waals surface area contributed by atoms with Gasteiger partial charge in [-0.2, -0.15) is 5.26 Å². The van der Waals surface area contributed by atoms with Crippen molar-refractivity contribution in [2.45, 2.75) is 13.8 Å². The molecule has 2 rings (SSSR count). The molecule has 0 saturated heterocycles. The van der Waals surface area contributed by atoms with Crippen LogP contribution in [0.5, 0.6) is 5.75 Å². The first kappa shape index (κ1) is 17.0. The Balaban J connectivity index is 1.82. The van der Waals surface area contributed by atoms with Crippen LogP contribution in [0.15, 0.2) is 42.5 Å². The van der Waals surface area contributed by atoms with Crippen LogP contribution < -0.4 is 15.6 Å². The van der Waals surface area contributed by atoms with Crippen LogP contribution in [0.2, 0.25) is 0 Å². The van der Waals surface area contributed by atoms with Crippen molar-refractivity contribution in [3.8, 4) is 11.8 Å². The number of hydrazine groups is 1. The lowest BCUT2D eigenvalue weighted by Gasteiger charge is -2.10. The van der Waals surface area contributed by atoms with E-state index in [4.69, 9.17) is 10.00 Å². The Hall–Kier alpha value is -3.33. The van der Waals surface area contributed by atoms with E-state index < -0.39 is 5.91 Å². The van der Waals surface area contributed by atoms with Gasteiger partial charge >= 0.3 is 0 Å². The average molecular weight is 323 g/mol. The molecule has 6 heteroatoms. The molecule has 0 unspecified atom stereocenters. The third-order valence-corrected chi connectivity index (χ3v) is 3.30. The summed E-state index contributed by atoms with van der Waals surface area (Å²) in [5.41, 5.74) is 7.54. The quantitative estimate of drug-likeness (QED) is 0.842.